The molecule has 0 unspecified atom stereocenters. The summed E-state index contributed by atoms with van der Waals surface area (Å²) < 4.78 is 0. The maximum absolute atomic E-state index is 9.24. The fraction of sp³-hybridized carbons (Fsp3) is 0.500. The Labute approximate surface area is 104 Å². The van der Waals surface area contributed by atoms with Crippen molar-refractivity contribution in [1.29, 1.82) is 0 Å². The molecule has 4 N–H and O–H groups in total. The third-order valence-electron chi connectivity index (χ3n) is 0.175. The quantitative estimate of drug-likeness (QED) is 0.385. The van der Waals surface area contributed by atoms with E-state index in [0.29, 0.717) is 0 Å². The summed E-state index contributed by atoms with van der Waals surface area (Å²) in [6, 6.07) is 0. The maximum atomic E-state index is 9.24. The molecule has 0 fully saturated rings. The van der Waals surface area contributed by atoms with E-state index in [4.69, 9.17) is 5.11 Å². The molecule has 0 saturated heterocycles. The van der Waals surface area contributed by atoms with Gasteiger partial charge in [-0.2, -0.15) is 0 Å². The van der Waals surface area contributed by atoms with Crippen LogP contribution in [-0.2, 0) is 4.79 Å². The van der Waals surface area contributed by atoms with E-state index in [1.54, 1.807) is 0 Å². The molecule has 0 amide bonds. The summed E-state index contributed by atoms with van der Waals surface area (Å²) in [7, 11) is 0. The van der Waals surface area contributed by atoms with Gasteiger partial charge >= 0.3 is 65.1 Å². The number of carboxylic acid groups (broad SMARTS) is 1. The first-order chi connectivity index (χ1) is 2.27. The minimum Gasteiger partial charge on any atom is -1.00 e. The minimum absolute atomic E-state index is 0. The van der Waals surface area contributed by atoms with E-state index < -0.39 is 5.97 Å². The van der Waals surface area contributed by atoms with Crippen LogP contribution >= 0.6 is 0 Å². The Balaban J connectivity index is -0.0000000133. The summed E-state index contributed by atoms with van der Waals surface area (Å²) in [5, 5.41) is 7.60. The van der Waals surface area contributed by atoms with Gasteiger partial charge in [0, 0.05) is 0 Å². The molecule has 0 rings (SSSR count). The van der Waals surface area contributed by atoms with Gasteiger partial charge in [0.1, 0.15) is 0 Å². The fourth-order valence-electron chi connectivity index (χ4n) is 0. The molecule has 0 aliphatic heterocycles. The van der Waals surface area contributed by atoms with Gasteiger partial charge in [0.2, 0.25) is 0 Å². The van der Waals surface area contributed by atoms with Crippen molar-refractivity contribution in [1.82, 2.24) is 0 Å². The maximum Gasteiger partial charge on any atom is 1.00 e. The van der Waals surface area contributed by atoms with Crippen LogP contribution in [0.15, 0.2) is 0 Å². The van der Waals surface area contributed by atoms with Crippen LogP contribution in [0.2, 0.25) is 0 Å². The van der Waals surface area contributed by atoms with Crippen LogP contribution in [0.5, 0.6) is 0 Å². The van der Waals surface area contributed by atoms with E-state index in [9.17, 15) is 4.79 Å². The van der Waals surface area contributed by atoms with Gasteiger partial charge in [0.05, 0.1) is 6.54 Å². The van der Waals surface area contributed by atoms with Crippen LogP contribution in [-0.4, -0.2) is 23.1 Å². The van der Waals surface area contributed by atoms with Crippen molar-refractivity contribution in [3.05, 3.63) is 0 Å². The van der Waals surface area contributed by atoms with Gasteiger partial charge in [-0.3, -0.25) is 4.79 Å². The Hall–Kier alpha value is 1.68. The van der Waals surface area contributed by atoms with Crippen molar-refractivity contribution in [3.63, 3.8) is 0 Å². The van der Waals surface area contributed by atoms with Crippen molar-refractivity contribution in [3.8, 4) is 0 Å². The number of hydrogen-bond donors (Lipinski definition) is 2. The SMILES string of the molecule is NCC(=O)O.[Cl-].[Na+].[Na+].[OH-]. The van der Waals surface area contributed by atoms with Crippen molar-refractivity contribution in [2.45, 2.75) is 0 Å². The number of hydrogen-bond acceptors (Lipinski definition) is 3. The monoisotopic (exact) mass is 173 g/mol. The smallest absolute Gasteiger partial charge is 1.00 e. The molecule has 0 atom stereocenters. The molecule has 0 aliphatic rings. The van der Waals surface area contributed by atoms with Gasteiger partial charge in [-0.1, -0.05) is 0 Å². The average molecular weight is 174 g/mol. The first-order valence-corrected chi connectivity index (χ1v) is 1.19. The third kappa shape index (κ3) is 42.2. The molecular formula is C2H6ClNNa2O3. The topological polar surface area (TPSA) is 93.3 Å². The van der Waals surface area contributed by atoms with Gasteiger partial charge in [-0.25, -0.2) is 0 Å². The molecule has 0 aliphatic carbocycles. The number of halogens is 1. The standard InChI is InChI=1S/C2H5NO2.ClH.2Na.H2O/c3-1-2(4)5;;;;/h1,3H2,(H,4,5);1H;;;1H2/q;;2*+1;/p-2. The van der Waals surface area contributed by atoms with E-state index in [0.717, 1.165) is 0 Å². The predicted molar refractivity (Wildman–Crippen MR) is 18.6 cm³/mol. The first kappa shape index (κ1) is 31.0. The second-order valence-corrected chi connectivity index (χ2v) is 0.598. The molecule has 46 valence electrons. The third-order valence-corrected chi connectivity index (χ3v) is 0.175. The van der Waals surface area contributed by atoms with Crippen LogP contribution in [0.1, 0.15) is 0 Å². The summed E-state index contributed by atoms with van der Waals surface area (Å²) in [6.07, 6.45) is 0. The van der Waals surface area contributed by atoms with Gasteiger partial charge < -0.3 is 28.7 Å². The Morgan fingerprint density at radius 2 is 1.56 bits per heavy atom. The molecule has 0 spiro atoms. The van der Waals surface area contributed by atoms with Gasteiger partial charge in [-0.05, 0) is 0 Å². The molecule has 4 nitrogen and oxygen atoms in total. The Morgan fingerprint density at radius 1 is 1.44 bits per heavy atom. The van der Waals surface area contributed by atoms with Crippen LogP contribution in [0, 0.1) is 0 Å². The molecule has 0 aromatic carbocycles. The number of nitrogens with two attached hydrogens (primary N) is 1. The van der Waals surface area contributed by atoms with E-state index in [-0.39, 0.29) is 83.5 Å². The predicted octanol–water partition coefficient (Wildman–Crippen LogP) is -10.1. The summed E-state index contributed by atoms with van der Waals surface area (Å²) in [6.45, 7) is -0.278. The second kappa shape index (κ2) is 22.6. The summed E-state index contributed by atoms with van der Waals surface area (Å²) in [5.41, 5.74) is 4.57. The van der Waals surface area contributed by atoms with Gasteiger partial charge in [0.15, 0.2) is 0 Å². The molecule has 0 bridgehead atoms. The van der Waals surface area contributed by atoms with Crippen LogP contribution in [0.25, 0.3) is 0 Å². The molecular weight excluding hydrogens is 167 g/mol. The van der Waals surface area contributed by atoms with Crippen LogP contribution in [0.4, 0.5) is 0 Å². The van der Waals surface area contributed by atoms with E-state index in [2.05, 4.69) is 5.73 Å². The number of aliphatic carboxylic acids is 1. The Kier molecular flexibility index (Phi) is 77.9. The number of rotatable bonds is 1. The number of carboxylic acids is 1. The molecule has 0 heterocycles. The molecule has 0 aromatic heterocycles. The summed E-state index contributed by atoms with van der Waals surface area (Å²) >= 11 is 0. The van der Waals surface area contributed by atoms with Gasteiger partial charge in [-0.15, -0.1) is 0 Å². The van der Waals surface area contributed by atoms with Crippen molar-refractivity contribution < 1.29 is 86.9 Å². The van der Waals surface area contributed by atoms with E-state index in [1.807, 2.05) is 0 Å². The summed E-state index contributed by atoms with van der Waals surface area (Å²) in [4.78, 5) is 9.24. The largest absolute Gasteiger partial charge is 1.00 e. The fourth-order valence-corrected chi connectivity index (χ4v) is 0. The zero-order chi connectivity index (χ0) is 4.28. The normalized spacial score (nSPS) is 4.11. The zero-order valence-corrected chi connectivity index (χ0v) is 10.2. The summed E-state index contributed by atoms with van der Waals surface area (Å²) in [5.74, 6) is -0.968. The van der Waals surface area contributed by atoms with E-state index >= 15 is 0 Å². The minimum atomic E-state index is -0.968. The number of carbonyl (C=O) groups is 1. The molecule has 9 heavy (non-hydrogen) atoms. The van der Waals surface area contributed by atoms with Gasteiger partial charge in [0.25, 0.3) is 0 Å². The first-order valence-electron chi connectivity index (χ1n) is 1.19. The van der Waals surface area contributed by atoms with Crippen LogP contribution < -0.4 is 77.3 Å². The second-order valence-electron chi connectivity index (χ2n) is 0.598. The molecule has 0 radical (unpaired) electrons. The van der Waals surface area contributed by atoms with Crippen LogP contribution in [0.3, 0.4) is 0 Å². The molecule has 0 saturated carbocycles. The molecule has 0 aromatic rings. The Bertz CT molecular complexity index is 55.1. The average Bonchev–Trinajstić information content (AvgIpc) is 1.38. The van der Waals surface area contributed by atoms with Crippen molar-refractivity contribution in [2.24, 2.45) is 5.73 Å². The van der Waals surface area contributed by atoms with Crippen molar-refractivity contribution in [2.75, 3.05) is 6.54 Å². The Morgan fingerprint density at radius 3 is 1.56 bits per heavy atom. The van der Waals surface area contributed by atoms with E-state index in [1.165, 1.54) is 0 Å². The van der Waals surface area contributed by atoms with Crippen molar-refractivity contribution >= 4 is 5.97 Å². The zero-order valence-electron chi connectivity index (χ0n) is 5.47. The molecule has 7 heteroatoms.